The van der Waals surface area contributed by atoms with Crippen molar-refractivity contribution in [2.75, 3.05) is 0 Å². The minimum absolute atomic E-state index is 0.0643. The summed E-state index contributed by atoms with van der Waals surface area (Å²) < 4.78 is 60.9. The number of hydrogen-bond donors (Lipinski definition) is 0. The Kier molecular flexibility index (Phi) is 3.85. The molecule has 0 aliphatic carbocycles. The summed E-state index contributed by atoms with van der Waals surface area (Å²) in [4.78, 5) is 10.9. The van der Waals surface area contributed by atoms with Crippen LogP contribution in [-0.2, 0) is 16.0 Å². The lowest BCUT2D eigenvalue weighted by Crippen LogP contribution is -2.03. The van der Waals surface area contributed by atoms with E-state index < -0.39 is 25.4 Å². The first kappa shape index (κ1) is 15.6. The second kappa shape index (κ2) is 5.19. The maximum absolute atomic E-state index is 12.4. The molecular weight excluding hydrogens is 329 g/mol. The smallest absolute Gasteiger partial charge is 0.295 e. The van der Waals surface area contributed by atoms with Gasteiger partial charge in [0.2, 0.25) is 19.2 Å². The largest absolute Gasteiger partial charge is 0.445 e. The summed E-state index contributed by atoms with van der Waals surface area (Å²) in [6.45, 7) is 1.25. The van der Waals surface area contributed by atoms with Gasteiger partial charge < -0.3 is 0 Å². The molecule has 0 aliphatic heterocycles. The molecule has 0 fully saturated rings. The van der Waals surface area contributed by atoms with Crippen molar-refractivity contribution in [3.8, 4) is 0 Å². The minimum Gasteiger partial charge on any atom is -0.295 e. The number of aromatic nitrogens is 2. The molecule has 0 bridgehead atoms. The van der Waals surface area contributed by atoms with Gasteiger partial charge in [0.25, 0.3) is 0 Å². The van der Waals surface area contributed by atoms with E-state index in [1.807, 2.05) is 0 Å². The van der Waals surface area contributed by atoms with Gasteiger partial charge in [0.1, 0.15) is 0 Å². The van der Waals surface area contributed by atoms with E-state index in [0.29, 0.717) is 0 Å². The van der Waals surface area contributed by atoms with Crippen LogP contribution in [0.1, 0.15) is 22.3 Å². The first-order valence-electron chi connectivity index (χ1n) is 5.39. The van der Waals surface area contributed by atoms with Crippen LogP contribution in [0.2, 0.25) is 0 Å². The van der Waals surface area contributed by atoms with Crippen LogP contribution >= 0.6 is 11.3 Å². The molecule has 0 saturated heterocycles. The highest BCUT2D eigenvalue weighted by atomic mass is 32.2. The number of sulfone groups is 1. The van der Waals surface area contributed by atoms with Crippen LogP contribution in [0.4, 0.5) is 13.2 Å². The molecule has 10 heteroatoms. The number of hydrogen-bond acceptors (Lipinski definition) is 6. The van der Waals surface area contributed by atoms with Crippen molar-refractivity contribution in [3.63, 3.8) is 0 Å². The third-order valence-corrected chi connectivity index (χ3v) is 5.52. The molecular formula is C11H7F3N2O3S2. The van der Waals surface area contributed by atoms with E-state index in [9.17, 15) is 26.4 Å². The predicted octanol–water partition coefficient (Wildman–Crippen LogP) is 2.59. The summed E-state index contributed by atoms with van der Waals surface area (Å²) in [6, 6.07) is 5.00. The van der Waals surface area contributed by atoms with E-state index in [1.54, 1.807) is 0 Å². The second-order valence-corrected chi connectivity index (χ2v) is 7.06. The fourth-order valence-electron chi connectivity index (χ4n) is 1.42. The van der Waals surface area contributed by atoms with Crippen molar-refractivity contribution in [2.45, 2.75) is 22.3 Å². The van der Waals surface area contributed by atoms with Crippen LogP contribution in [-0.4, -0.2) is 24.4 Å². The van der Waals surface area contributed by atoms with Crippen LogP contribution in [0, 0.1) is 0 Å². The second-order valence-electron chi connectivity index (χ2n) is 3.96. The van der Waals surface area contributed by atoms with Crippen molar-refractivity contribution in [1.29, 1.82) is 0 Å². The fraction of sp³-hybridized carbons (Fsp3) is 0.182. The highest BCUT2D eigenvalue weighted by molar-refractivity contribution is 7.93. The van der Waals surface area contributed by atoms with Crippen molar-refractivity contribution in [1.82, 2.24) is 10.2 Å². The van der Waals surface area contributed by atoms with Gasteiger partial charge in [-0.2, -0.15) is 13.2 Å². The Balaban J connectivity index is 2.50. The van der Waals surface area contributed by atoms with Gasteiger partial charge in [0.05, 0.1) is 4.90 Å². The van der Waals surface area contributed by atoms with E-state index in [0.717, 1.165) is 6.07 Å². The molecule has 1 heterocycles. The lowest BCUT2D eigenvalue weighted by molar-refractivity contribution is -0.138. The molecule has 0 aliphatic rings. The van der Waals surface area contributed by atoms with Gasteiger partial charge in [0.15, 0.2) is 5.78 Å². The molecule has 0 radical (unpaired) electrons. The fourth-order valence-corrected chi connectivity index (χ4v) is 3.71. The SMILES string of the molecule is CC(=O)c1cccc(S(=O)(=O)c2nnc(C(F)(F)F)s2)c1. The Morgan fingerprint density at radius 1 is 1.24 bits per heavy atom. The number of carbonyl (C=O) groups excluding carboxylic acids is 1. The highest BCUT2D eigenvalue weighted by Crippen LogP contribution is 2.34. The Hall–Kier alpha value is -1.81. The molecule has 2 aromatic rings. The summed E-state index contributed by atoms with van der Waals surface area (Å²) >= 11 is -0.0643. The van der Waals surface area contributed by atoms with Gasteiger partial charge in [-0.05, 0) is 19.1 Å². The van der Waals surface area contributed by atoms with E-state index >= 15 is 0 Å². The van der Waals surface area contributed by atoms with Crippen molar-refractivity contribution < 1.29 is 26.4 Å². The van der Waals surface area contributed by atoms with Crippen molar-refractivity contribution in [3.05, 3.63) is 34.8 Å². The average molecular weight is 336 g/mol. The lowest BCUT2D eigenvalue weighted by Gasteiger charge is -2.02. The van der Waals surface area contributed by atoms with Gasteiger partial charge in [-0.15, -0.1) is 10.2 Å². The normalized spacial score (nSPS) is 12.4. The Morgan fingerprint density at radius 2 is 1.90 bits per heavy atom. The monoisotopic (exact) mass is 336 g/mol. The Morgan fingerprint density at radius 3 is 2.43 bits per heavy atom. The topological polar surface area (TPSA) is 77.0 Å². The summed E-state index contributed by atoms with van der Waals surface area (Å²) in [7, 11) is -4.24. The van der Waals surface area contributed by atoms with Gasteiger partial charge >= 0.3 is 6.18 Å². The van der Waals surface area contributed by atoms with Crippen LogP contribution < -0.4 is 0 Å². The molecule has 21 heavy (non-hydrogen) atoms. The number of carbonyl (C=O) groups is 1. The lowest BCUT2D eigenvalue weighted by atomic mass is 10.2. The van der Waals surface area contributed by atoms with E-state index in [-0.39, 0.29) is 27.6 Å². The zero-order chi connectivity index (χ0) is 15.8. The van der Waals surface area contributed by atoms with Gasteiger partial charge in [-0.1, -0.05) is 23.5 Å². The number of benzene rings is 1. The van der Waals surface area contributed by atoms with E-state index in [2.05, 4.69) is 10.2 Å². The number of Topliss-reactive ketones (excluding diaryl/α,β-unsaturated/α-hetero) is 1. The van der Waals surface area contributed by atoms with Gasteiger partial charge in [-0.25, -0.2) is 8.42 Å². The van der Waals surface area contributed by atoms with E-state index in [4.69, 9.17) is 0 Å². The van der Waals surface area contributed by atoms with Crippen LogP contribution in [0.25, 0.3) is 0 Å². The molecule has 0 N–H and O–H groups in total. The first-order chi connectivity index (χ1) is 9.62. The van der Waals surface area contributed by atoms with Gasteiger partial charge in [0, 0.05) is 5.56 Å². The zero-order valence-electron chi connectivity index (χ0n) is 10.4. The number of ketones is 1. The van der Waals surface area contributed by atoms with E-state index in [1.165, 1.54) is 25.1 Å². The Labute approximate surface area is 121 Å². The number of halogens is 3. The summed E-state index contributed by atoms with van der Waals surface area (Å²) in [6.07, 6.45) is -4.76. The quantitative estimate of drug-likeness (QED) is 0.805. The maximum Gasteiger partial charge on any atom is 0.445 e. The molecule has 1 aromatic heterocycles. The maximum atomic E-state index is 12.4. The van der Waals surface area contributed by atoms with Crippen LogP contribution in [0.15, 0.2) is 33.5 Å². The minimum atomic E-state index is -4.76. The molecule has 112 valence electrons. The third-order valence-electron chi connectivity index (χ3n) is 2.43. The summed E-state index contributed by atoms with van der Waals surface area (Å²) in [5.41, 5.74) is 0.136. The number of rotatable bonds is 3. The number of nitrogens with zero attached hydrogens (tertiary/aromatic N) is 2. The molecule has 0 amide bonds. The highest BCUT2D eigenvalue weighted by Gasteiger charge is 2.37. The third kappa shape index (κ3) is 3.10. The predicted molar refractivity (Wildman–Crippen MR) is 66.8 cm³/mol. The number of alkyl halides is 3. The molecule has 0 saturated carbocycles. The molecule has 5 nitrogen and oxygen atoms in total. The molecule has 0 spiro atoms. The Bertz CT molecular complexity index is 797. The zero-order valence-corrected chi connectivity index (χ0v) is 12.0. The van der Waals surface area contributed by atoms with Crippen molar-refractivity contribution >= 4 is 27.0 Å². The molecule has 0 unspecified atom stereocenters. The van der Waals surface area contributed by atoms with Crippen molar-refractivity contribution in [2.24, 2.45) is 0 Å². The standard InChI is InChI=1S/C11H7F3N2O3S2/c1-6(17)7-3-2-4-8(5-7)21(18,19)10-16-15-9(20-10)11(12,13)14/h2-5H,1H3. The van der Waals surface area contributed by atoms with Gasteiger partial charge in [-0.3, -0.25) is 4.79 Å². The molecule has 0 atom stereocenters. The first-order valence-corrected chi connectivity index (χ1v) is 7.69. The van der Waals surface area contributed by atoms with Crippen LogP contribution in [0.5, 0.6) is 0 Å². The average Bonchev–Trinajstić information content (AvgIpc) is 2.89. The molecule has 2 rings (SSSR count). The molecule has 1 aromatic carbocycles. The van der Waals surface area contributed by atoms with Crippen LogP contribution in [0.3, 0.4) is 0 Å². The summed E-state index contributed by atoms with van der Waals surface area (Å²) in [5, 5.41) is 4.57. The summed E-state index contributed by atoms with van der Waals surface area (Å²) in [5.74, 6) is -0.361.